The number of benzene rings is 1. The van der Waals surface area contributed by atoms with Gasteiger partial charge < -0.3 is 15.7 Å². The van der Waals surface area contributed by atoms with Crippen LogP contribution in [0.1, 0.15) is 24.5 Å². The summed E-state index contributed by atoms with van der Waals surface area (Å²) in [4.78, 5) is 20.7. The molecule has 0 bridgehead atoms. The van der Waals surface area contributed by atoms with Crippen molar-refractivity contribution in [1.82, 2.24) is 9.97 Å². The van der Waals surface area contributed by atoms with Crippen molar-refractivity contribution in [2.45, 2.75) is 23.7 Å². The van der Waals surface area contributed by atoms with E-state index in [0.717, 1.165) is 29.1 Å². The number of carboxylic acid groups (broad SMARTS) is 1. The highest BCUT2D eigenvalue weighted by Crippen LogP contribution is 2.40. The first-order valence-electron chi connectivity index (χ1n) is 7.40. The van der Waals surface area contributed by atoms with Crippen molar-refractivity contribution in [1.29, 1.82) is 0 Å². The molecule has 1 fully saturated rings. The standard InChI is InChI=1S/C16H18N4O2S/c1-23-12-4-2-3-11(7-12)18-14-8-13(10-5-6-10)19-16(20-14)17-9-15(21)22/h2-4,7-8,10H,5-6,9H2,1H3,(H,21,22)(H2,17,18,19,20). The third-order valence-corrected chi connectivity index (χ3v) is 4.21. The second-order valence-electron chi connectivity index (χ2n) is 5.38. The number of nitrogens with one attached hydrogen (secondary N) is 2. The van der Waals surface area contributed by atoms with Gasteiger partial charge in [0.05, 0.1) is 5.69 Å². The number of carbonyl (C=O) groups is 1. The van der Waals surface area contributed by atoms with Crippen LogP contribution in [0.15, 0.2) is 35.2 Å². The number of carboxylic acids is 1. The van der Waals surface area contributed by atoms with E-state index in [9.17, 15) is 4.79 Å². The summed E-state index contributed by atoms with van der Waals surface area (Å²) in [5.41, 5.74) is 1.90. The number of rotatable bonds is 7. The number of aliphatic carboxylic acids is 1. The van der Waals surface area contributed by atoms with Crippen molar-refractivity contribution in [2.75, 3.05) is 23.4 Å². The Bertz CT molecular complexity index is 719. The van der Waals surface area contributed by atoms with Gasteiger partial charge in [0.25, 0.3) is 0 Å². The maximum absolute atomic E-state index is 10.7. The Balaban J connectivity index is 1.83. The lowest BCUT2D eigenvalue weighted by Gasteiger charge is -2.11. The maximum atomic E-state index is 10.7. The smallest absolute Gasteiger partial charge is 0.322 e. The van der Waals surface area contributed by atoms with E-state index in [1.165, 1.54) is 0 Å². The summed E-state index contributed by atoms with van der Waals surface area (Å²) in [7, 11) is 0. The number of anilines is 3. The lowest BCUT2D eigenvalue weighted by Crippen LogP contribution is -2.15. The van der Waals surface area contributed by atoms with E-state index >= 15 is 0 Å². The Morgan fingerprint density at radius 3 is 2.87 bits per heavy atom. The van der Waals surface area contributed by atoms with E-state index < -0.39 is 5.97 Å². The molecule has 6 nitrogen and oxygen atoms in total. The highest BCUT2D eigenvalue weighted by Gasteiger charge is 2.26. The van der Waals surface area contributed by atoms with E-state index in [1.807, 2.05) is 36.6 Å². The van der Waals surface area contributed by atoms with Gasteiger partial charge in [-0.15, -0.1) is 11.8 Å². The Kier molecular flexibility index (Phi) is 4.66. The molecule has 1 aliphatic carbocycles. The molecule has 3 rings (SSSR count). The maximum Gasteiger partial charge on any atom is 0.322 e. The van der Waals surface area contributed by atoms with Crippen molar-refractivity contribution in [3.8, 4) is 0 Å². The van der Waals surface area contributed by atoms with Crippen LogP contribution in [0.25, 0.3) is 0 Å². The van der Waals surface area contributed by atoms with E-state index in [2.05, 4.69) is 20.6 Å². The molecule has 0 aliphatic heterocycles. The first-order chi connectivity index (χ1) is 11.1. The molecule has 23 heavy (non-hydrogen) atoms. The molecule has 0 spiro atoms. The van der Waals surface area contributed by atoms with Gasteiger partial charge in [-0.2, -0.15) is 4.98 Å². The number of hydrogen-bond donors (Lipinski definition) is 3. The Labute approximate surface area is 138 Å². The van der Waals surface area contributed by atoms with Crippen LogP contribution in [-0.4, -0.2) is 33.8 Å². The summed E-state index contributed by atoms with van der Waals surface area (Å²) in [6.45, 7) is -0.199. The third-order valence-electron chi connectivity index (χ3n) is 3.48. The molecule has 1 aliphatic rings. The molecule has 1 aromatic carbocycles. The van der Waals surface area contributed by atoms with E-state index in [1.54, 1.807) is 11.8 Å². The van der Waals surface area contributed by atoms with Crippen LogP contribution in [0.4, 0.5) is 17.5 Å². The quantitative estimate of drug-likeness (QED) is 0.671. The summed E-state index contributed by atoms with van der Waals surface area (Å²) in [5, 5.41) is 14.8. The Morgan fingerprint density at radius 2 is 2.17 bits per heavy atom. The minimum atomic E-state index is -0.937. The van der Waals surface area contributed by atoms with E-state index in [4.69, 9.17) is 5.11 Å². The van der Waals surface area contributed by atoms with Crippen LogP contribution in [0.3, 0.4) is 0 Å². The molecule has 120 valence electrons. The van der Waals surface area contributed by atoms with Crippen LogP contribution in [0.2, 0.25) is 0 Å². The molecule has 1 aromatic heterocycles. The van der Waals surface area contributed by atoms with Gasteiger partial charge in [0.15, 0.2) is 0 Å². The lowest BCUT2D eigenvalue weighted by atomic mass is 10.2. The van der Waals surface area contributed by atoms with Gasteiger partial charge in [-0.3, -0.25) is 4.79 Å². The first-order valence-corrected chi connectivity index (χ1v) is 8.62. The molecule has 0 radical (unpaired) electrons. The first kappa shape index (κ1) is 15.6. The summed E-state index contributed by atoms with van der Waals surface area (Å²) >= 11 is 1.68. The highest BCUT2D eigenvalue weighted by atomic mass is 32.2. The molecule has 1 heterocycles. The molecule has 0 saturated heterocycles. The molecule has 1 saturated carbocycles. The summed E-state index contributed by atoms with van der Waals surface area (Å²) in [5.74, 6) is 0.544. The number of thioether (sulfide) groups is 1. The largest absolute Gasteiger partial charge is 0.480 e. The van der Waals surface area contributed by atoms with Crippen molar-refractivity contribution in [2.24, 2.45) is 0 Å². The molecule has 0 unspecified atom stereocenters. The van der Waals surface area contributed by atoms with Gasteiger partial charge in [-0.1, -0.05) is 6.07 Å². The number of nitrogens with zero attached hydrogens (tertiary/aromatic N) is 2. The highest BCUT2D eigenvalue weighted by molar-refractivity contribution is 7.98. The van der Waals surface area contributed by atoms with Gasteiger partial charge in [0, 0.05) is 22.6 Å². The number of aromatic nitrogens is 2. The minimum absolute atomic E-state index is 0.199. The normalized spacial score (nSPS) is 13.6. The second kappa shape index (κ2) is 6.87. The molecule has 0 atom stereocenters. The fourth-order valence-corrected chi connectivity index (χ4v) is 2.66. The third kappa shape index (κ3) is 4.35. The van der Waals surface area contributed by atoms with Crippen LogP contribution in [-0.2, 0) is 4.79 Å². The van der Waals surface area contributed by atoms with Crippen LogP contribution < -0.4 is 10.6 Å². The fourth-order valence-electron chi connectivity index (χ4n) is 2.20. The van der Waals surface area contributed by atoms with Crippen LogP contribution in [0.5, 0.6) is 0 Å². The predicted molar refractivity (Wildman–Crippen MR) is 91.6 cm³/mol. The average Bonchev–Trinajstić information content (AvgIpc) is 3.38. The fraction of sp³-hybridized carbons (Fsp3) is 0.312. The summed E-state index contributed by atoms with van der Waals surface area (Å²) < 4.78 is 0. The molecular formula is C16H18N4O2S. The molecule has 2 aromatic rings. The lowest BCUT2D eigenvalue weighted by molar-refractivity contribution is -0.134. The van der Waals surface area contributed by atoms with Crippen molar-refractivity contribution in [3.63, 3.8) is 0 Å². The van der Waals surface area contributed by atoms with Gasteiger partial charge >= 0.3 is 5.97 Å². The zero-order valence-corrected chi connectivity index (χ0v) is 13.6. The number of hydrogen-bond acceptors (Lipinski definition) is 6. The van der Waals surface area contributed by atoms with Crippen molar-refractivity contribution in [3.05, 3.63) is 36.0 Å². The minimum Gasteiger partial charge on any atom is -0.480 e. The van der Waals surface area contributed by atoms with E-state index in [0.29, 0.717) is 17.7 Å². The van der Waals surface area contributed by atoms with Gasteiger partial charge in [0.2, 0.25) is 5.95 Å². The SMILES string of the molecule is CSc1cccc(Nc2cc(C3CC3)nc(NCC(=O)O)n2)c1. The monoisotopic (exact) mass is 330 g/mol. The van der Waals surface area contributed by atoms with Crippen LogP contribution in [0, 0.1) is 0 Å². The van der Waals surface area contributed by atoms with Crippen molar-refractivity contribution < 1.29 is 9.90 Å². The zero-order valence-electron chi connectivity index (χ0n) is 12.7. The molecule has 7 heteroatoms. The Hall–Kier alpha value is -2.28. The van der Waals surface area contributed by atoms with Gasteiger partial charge in [-0.05, 0) is 37.3 Å². The topological polar surface area (TPSA) is 87.1 Å². The summed E-state index contributed by atoms with van der Waals surface area (Å²) in [6.07, 6.45) is 4.27. The van der Waals surface area contributed by atoms with Gasteiger partial charge in [0.1, 0.15) is 12.4 Å². The predicted octanol–water partition coefficient (Wildman–Crippen LogP) is 3.32. The Morgan fingerprint density at radius 1 is 1.35 bits per heavy atom. The van der Waals surface area contributed by atoms with Crippen LogP contribution >= 0.6 is 11.8 Å². The van der Waals surface area contributed by atoms with Gasteiger partial charge in [-0.25, -0.2) is 4.98 Å². The van der Waals surface area contributed by atoms with Crippen molar-refractivity contribution >= 4 is 35.2 Å². The molecular weight excluding hydrogens is 312 g/mol. The molecule has 0 amide bonds. The summed E-state index contributed by atoms with van der Waals surface area (Å²) in [6, 6.07) is 10.00. The van der Waals surface area contributed by atoms with E-state index in [-0.39, 0.29) is 6.54 Å². The zero-order chi connectivity index (χ0) is 16.2. The average molecular weight is 330 g/mol. The molecule has 3 N–H and O–H groups in total. The second-order valence-corrected chi connectivity index (χ2v) is 6.26.